The van der Waals surface area contributed by atoms with Crippen molar-refractivity contribution in [3.63, 3.8) is 0 Å². The Balaban J connectivity index is 2.11. The maximum absolute atomic E-state index is 11.3. The number of fused-ring (bicyclic) bond motifs is 1. The lowest BCUT2D eigenvalue weighted by atomic mass is 10.1. The molecule has 7 nitrogen and oxygen atoms in total. The number of nitrogens with zero attached hydrogens (tertiary/aromatic N) is 1. The Hall–Kier alpha value is -3.74. The zero-order valence-corrected chi connectivity index (χ0v) is 16.6. The predicted octanol–water partition coefficient (Wildman–Crippen LogP) is 4.54. The number of pyridine rings is 1. The summed E-state index contributed by atoms with van der Waals surface area (Å²) in [6.07, 6.45) is 3.16. The molecule has 150 valence electrons. The number of hydrogen-bond acceptors (Lipinski definition) is 6. The molecule has 0 saturated heterocycles. The van der Waals surface area contributed by atoms with Crippen LogP contribution < -0.4 is 18.9 Å². The average Bonchev–Trinajstić information content (AvgIpc) is 2.73. The molecule has 7 heteroatoms. The SMILES string of the molecule is COc1ccc(Oc2ccnc3cc(OC)c(OC)cc23)c(C=C(C)C(=O)O)c1. The number of aromatic nitrogens is 1. The van der Waals surface area contributed by atoms with Crippen molar-refractivity contribution in [2.75, 3.05) is 21.3 Å². The van der Waals surface area contributed by atoms with Gasteiger partial charge in [0.25, 0.3) is 0 Å². The van der Waals surface area contributed by atoms with Crippen LogP contribution in [0.4, 0.5) is 0 Å². The van der Waals surface area contributed by atoms with Crippen molar-refractivity contribution in [3.05, 3.63) is 53.7 Å². The second-order valence-electron chi connectivity index (χ2n) is 6.17. The van der Waals surface area contributed by atoms with Crippen LogP contribution in [-0.4, -0.2) is 37.4 Å². The number of carbonyl (C=O) groups is 1. The number of hydrogen-bond donors (Lipinski definition) is 1. The second-order valence-corrected chi connectivity index (χ2v) is 6.17. The van der Waals surface area contributed by atoms with E-state index >= 15 is 0 Å². The van der Waals surface area contributed by atoms with Crippen molar-refractivity contribution in [3.8, 4) is 28.7 Å². The first-order valence-electron chi connectivity index (χ1n) is 8.75. The van der Waals surface area contributed by atoms with Crippen LogP contribution in [-0.2, 0) is 4.79 Å². The van der Waals surface area contributed by atoms with Crippen LogP contribution in [0.5, 0.6) is 28.7 Å². The Morgan fingerprint density at radius 3 is 2.31 bits per heavy atom. The quantitative estimate of drug-likeness (QED) is 0.588. The molecule has 0 spiro atoms. The third-order valence-corrected chi connectivity index (χ3v) is 4.35. The minimum atomic E-state index is -1.01. The van der Waals surface area contributed by atoms with Crippen LogP contribution in [0.3, 0.4) is 0 Å². The van der Waals surface area contributed by atoms with Gasteiger partial charge in [0.15, 0.2) is 11.5 Å². The van der Waals surface area contributed by atoms with Crippen molar-refractivity contribution in [2.24, 2.45) is 0 Å². The topological polar surface area (TPSA) is 87.1 Å². The summed E-state index contributed by atoms with van der Waals surface area (Å²) in [5.41, 5.74) is 1.43. The van der Waals surface area contributed by atoms with Gasteiger partial charge in [-0.15, -0.1) is 0 Å². The Labute approximate surface area is 168 Å². The van der Waals surface area contributed by atoms with Gasteiger partial charge in [-0.2, -0.15) is 0 Å². The molecule has 29 heavy (non-hydrogen) atoms. The number of carboxylic acids is 1. The molecule has 0 radical (unpaired) electrons. The molecule has 1 N–H and O–H groups in total. The molecule has 0 unspecified atom stereocenters. The first kappa shape index (κ1) is 20.0. The second kappa shape index (κ2) is 8.52. The van der Waals surface area contributed by atoms with E-state index < -0.39 is 5.97 Å². The Morgan fingerprint density at radius 1 is 0.931 bits per heavy atom. The molecule has 2 aromatic carbocycles. The van der Waals surface area contributed by atoms with Gasteiger partial charge in [-0.05, 0) is 43.3 Å². The molecule has 1 heterocycles. The fourth-order valence-corrected chi connectivity index (χ4v) is 2.81. The monoisotopic (exact) mass is 395 g/mol. The summed E-state index contributed by atoms with van der Waals surface area (Å²) < 4.78 is 22.1. The zero-order chi connectivity index (χ0) is 21.0. The van der Waals surface area contributed by atoms with E-state index in [1.165, 1.54) is 13.0 Å². The molecule has 0 aliphatic carbocycles. The molecule has 3 rings (SSSR count). The first-order chi connectivity index (χ1) is 14.0. The lowest BCUT2D eigenvalue weighted by molar-refractivity contribution is -0.132. The molecule has 0 fully saturated rings. The lowest BCUT2D eigenvalue weighted by Crippen LogP contribution is -1.97. The van der Waals surface area contributed by atoms with Crippen LogP contribution in [0.15, 0.2) is 48.2 Å². The maximum Gasteiger partial charge on any atom is 0.331 e. The highest BCUT2D eigenvalue weighted by atomic mass is 16.5. The van der Waals surface area contributed by atoms with Crippen molar-refractivity contribution in [1.82, 2.24) is 4.98 Å². The van der Waals surface area contributed by atoms with Gasteiger partial charge >= 0.3 is 5.97 Å². The largest absolute Gasteiger partial charge is 0.497 e. The molecule has 0 atom stereocenters. The van der Waals surface area contributed by atoms with Gasteiger partial charge < -0.3 is 24.1 Å². The van der Waals surface area contributed by atoms with Crippen molar-refractivity contribution in [2.45, 2.75) is 6.92 Å². The normalized spacial score (nSPS) is 11.2. The minimum Gasteiger partial charge on any atom is -0.497 e. The summed E-state index contributed by atoms with van der Waals surface area (Å²) in [7, 11) is 4.66. The van der Waals surface area contributed by atoms with Crippen molar-refractivity contribution >= 4 is 22.9 Å². The Bertz CT molecular complexity index is 1090. The number of rotatable bonds is 7. The van der Waals surface area contributed by atoms with E-state index in [0.717, 1.165) is 5.39 Å². The highest BCUT2D eigenvalue weighted by Crippen LogP contribution is 2.38. The summed E-state index contributed by atoms with van der Waals surface area (Å²) in [4.78, 5) is 15.6. The van der Waals surface area contributed by atoms with Gasteiger partial charge in [-0.3, -0.25) is 4.98 Å². The molecular formula is C22H21NO6. The molecule has 0 aliphatic heterocycles. The van der Waals surface area contributed by atoms with Crippen LogP contribution in [0.1, 0.15) is 12.5 Å². The van der Waals surface area contributed by atoms with E-state index in [2.05, 4.69) is 4.98 Å². The highest BCUT2D eigenvalue weighted by molar-refractivity contribution is 5.92. The average molecular weight is 395 g/mol. The van der Waals surface area contributed by atoms with E-state index in [0.29, 0.717) is 39.8 Å². The zero-order valence-electron chi connectivity index (χ0n) is 16.6. The number of methoxy groups -OCH3 is 3. The third kappa shape index (κ3) is 4.24. The number of benzene rings is 2. The molecule has 0 amide bonds. The first-order valence-corrected chi connectivity index (χ1v) is 8.75. The van der Waals surface area contributed by atoms with Gasteiger partial charge in [0, 0.05) is 28.8 Å². The molecular weight excluding hydrogens is 374 g/mol. The summed E-state index contributed by atoms with van der Waals surface area (Å²) in [5.74, 6) is 1.72. The van der Waals surface area contributed by atoms with E-state index in [1.54, 1.807) is 63.9 Å². The molecule has 0 bridgehead atoms. The van der Waals surface area contributed by atoms with Crippen molar-refractivity contribution < 1.29 is 28.8 Å². The smallest absolute Gasteiger partial charge is 0.331 e. The van der Waals surface area contributed by atoms with Gasteiger partial charge in [0.1, 0.15) is 17.2 Å². The summed E-state index contributed by atoms with van der Waals surface area (Å²) in [5, 5.41) is 9.95. The van der Waals surface area contributed by atoms with Crippen LogP contribution in [0, 0.1) is 0 Å². The van der Waals surface area contributed by atoms with E-state index in [-0.39, 0.29) is 5.57 Å². The standard InChI is InChI=1S/C22H21NO6/c1-13(22(24)25)9-14-10-15(26-2)5-6-18(14)29-19-7-8-23-17-12-21(28-4)20(27-3)11-16(17)19/h5-12H,1-4H3,(H,24,25). The fraction of sp³-hybridized carbons (Fsp3) is 0.182. The molecule has 1 aromatic heterocycles. The third-order valence-electron chi connectivity index (χ3n) is 4.35. The highest BCUT2D eigenvalue weighted by Gasteiger charge is 2.13. The Morgan fingerprint density at radius 2 is 1.66 bits per heavy atom. The summed E-state index contributed by atoms with van der Waals surface area (Å²) in [6, 6.07) is 10.5. The minimum absolute atomic E-state index is 0.175. The van der Waals surface area contributed by atoms with Gasteiger partial charge in [-0.1, -0.05) is 0 Å². The predicted molar refractivity (Wildman–Crippen MR) is 109 cm³/mol. The number of ether oxygens (including phenoxy) is 4. The summed E-state index contributed by atoms with van der Waals surface area (Å²) >= 11 is 0. The lowest BCUT2D eigenvalue weighted by Gasteiger charge is -2.14. The maximum atomic E-state index is 11.3. The molecule has 3 aromatic rings. The van der Waals surface area contributed by atoms with E-state index in [1.807, 2.05) is 0 Å². The molecule has 0 aliphatic rings. The van der Waals surface area contributed by atoms with Gasteiger partial charge in [-0.25, -0.2) is 4.79 Å². The van der Waals surface area contributed by atoms with Gasteiger partial charge in [0.05, 0.1) is 26.8 Å². The Kier molecular flexibility index (Phi) is 5.87. The molecule has 0 saturated carbocycles. The number of carboxylic acid groups (broad SMARTS) is 1. The van der Waals surface area contributed by atoms with Crippen molar-refractivity contribution in [1.29, 1.82) is 0 Å². The van der Waals surface area contributed by atoms with E-state index in [4.69, 9.17) is 18.9 Å². The van der Waals surface area contributed by atoms with Crippen LogP contribution in [0.2, 0.25) is 0 Å². The van der Waals surface area contributed by atoms with Crippen LogP contribution >= 0.6 is 0 Å². The van der Waals surface area contributed by atoms with Gasteiger partial charge in [0.2, 0.25) is 0 Å². The summed E-state index contributed by atoms with van der Waals surface area (Å²) in [6.45, 7) is 1.52. The fourth-order valence-electron chi connectivity index (χ4n) is 2.81. The number of aliphatic carboxylic acids is 1. The van der Waals surface area contributed by atoms with E-state index in [9.17, 15) is 9.90 Å². The van der Waals surface area contributed by atoms with Crippen LogP contribution in [0.25, 0.3) is 17.0 Å².